The Kier molecular flexibility index (Phi) is 6.77. The van der Waals surface area contributed by atoms with Gasteiger partial charge in [-0.25, -0.2) is 0 Å². The number of aliphatic imine (C=N–C) groups is 1. The lowest BCUT2D eigenvalue weighted by atomic mass is 9.83. The lowest BCUT2D eigenvalue weighted by Gasteiger charge is -2.23. The third-order valence-corrected chi connectivity index (χ3v) is 5.90. The second kappa shape index (κ2) is 9.07. The van der Waals surface area contributed by atoms with Gasteiger partial charge in [0.05, 0.1) is 10.9 Å². The lowest BCUT2D eigenvalue weighted by Crippen LogP contribution is -2.16. The van der Waals surface area contributed by atoms with Crippen LogP contribution in [-0.4, -0.2) is 9.91 Å². The Bertz CT molecular complexity index is 835. The fourth-order valence-electron chi connectivity index (χ4n) is 3.87. The zero-order valence-corrected chi connectivity index (χ0v) is 17.9. The molecule has 0 spiro atoms. The highest BCUT2D eigenvalue weighted by Crippen LogP contribution is 2.37. The van der Waals surface area contributed by atoms with Crippen molar-refractivity contribution in [1.29, 1.82) is 0 Å². The molecule has 1 atom stereocenters. The van der Waals surface area contributed by atoms with E-state index in [1.165, 1.54) is 36.8 Å². The van der Waals surface area contributed by atoms with Gasteiger partial charge in [0, 0.05) is 22.6 Å². The second-order valence-electron chi connectivity index (χ2n) is 8.21. The Morgan fingerprint density at radius 2 is 1.78 bits per heavy atom. The molecule has 0 heterocycles. The van der Waals surface area contributed by atoms with Crippen LogP contribution in [-0.2, 0) is 0 Å². The monoisotopic (exact) mass is 393 g/mol. The highest BCUT2D eigenvalue weighted by Gasteiger charge is 2.25. The molecule has 140 valence electrons. The van der Waals surface area contributed by atoms with E-state index in [4.69, 9.17) is 24.8 Å². The molecule has 0 amide bonds. The number of benzene rings is 1. The molecule has 1 unspecified atom stereocenters. The molecular weight excluding hydrogens is 366 g/mol. The van der Waals surface area contributed by atoms with Crippen molar-refractivity contribution in [3.63, 3.8) is 0 Å². The maximum absolute atomic E-state index is 4.84. The molecule has 0 bridgehead atoms. The van der Waals surface area contributed by atoms with E-state index in [1.807, 2.05) is 6.08 Å². The number of hydrogen-bond acceptors (Lipinski definition) is 3. The lowest BCUT2D eigenvalue weighted by molar-refractivity contribution is 0.337. The molecule has 1 saturated carbocycles. The summed E-state index contributed by atoms with van der Waals surface area (Å²) in [5, 5.41) is 2.47. The van der Waals surface area contributed by atoms with Crippen molar-refractivity contribution in [3.8, 4) is 11.8 Å². The van der Waals surface area contributed by atoms with Crippen molar-refractivity contribution < 1.29 is 0 Å². The van der Waals surface area contributed by atoms with Gasteiger partial charge >= 0.3 is 0 Å². The first-order valence-electron chi connectivity index (χ1n) is 9.77. The first-order chi connectivity index (χ1) is 12.9. The molecule has 3 heteroatoms. The number of allylic oxidation sites excluding steroid dienone is 4. The molecule has 3 rings (SSSR count). The summed E-state index contributed by atoms with van der Waals surface area (Å²) < 4.78 is -0.152. The summed E-state index contributed by atoms with van der Waals surface area (Å²) in [4.78, 5) is 4.17. The molecule has 1 aromatic carbocycles. The fraction of sp³-hybridized carbons (Fsp3) is 0.458. The minimum absolute atomic E-state index is 0.152. The molecular formula is C24H27NS2. The third-order valence-electron chi connectivity index (χ3n) is 5.49. The van der Waals surface area contributed by atoms with Crippen molar-refractivity contribution in [3.05, 3.63) is 53.2 Å². The molecule has 2 aliphatic rings. The first kappa shape index (κ1) is 20.2. The zero-order chi connectivity index (χ0) is 19.3. The molecule has 0 aromatic heterocycles. The van der Waals surface area contributed by atoms with E-state index in [-0.39, 0.29) is 4.75 Å². The maximum atomic E-state index is 4.84. The SMILES string of the molecule is CC1CCC(C#Cc2ccc(C3=CC=C(N=C=S)CC(C)(S)C3)cc2)CC1. The summed E-state index contributed by atoms with van der Waals surface area (Å²) in [5.74, 6) is 8.31. The number of nitrogens with zero attached hydrogens (tertiary/aromatic N) is 1. The number of rotatable bonds is 2. The van der Waals surface area contributed by atoms with Crippen LogP contribution in [0.4, 0.5) is 0 Å². The van der Waals surface area contributed by atoms with Crippen molar-refractivity contribution in [2.24, 2.45) is 16.8 Å². The predicted octanol–water partition coefficient (Wildman–Crippen LogP) is 6.72. The Morgan fingerprint density at radius 3 is 2.44 bits per heavy atom. The van der Waals surface area contributed by atoms with Crippen LogP contribution in [0, 0.1) is 23.7 Å². The number of hydrogen-bond donors (Lipinski definition) is 1. The van der Waals surface area contributed by atoms with Crippen LogP contribution in [0.1, 0.15) is 63.5 Å². The summed E-state index contributed by atoms with van der Waals surface area (Å²) in [6, 6.07) is 8.61. The standard InChI is InChI=1S/C24H27NS2/c1-18-3-5-19(6-4-18)7-8-20-9-11-21(12-10-20)22-13-14-23(25-17-26)16-24(2,27)15-22/h9-14,18-19,27H,3-6,15-16H2,1-2H3. The molecule has 0 radical (unpaired) electrons. The largest absolute Gasteiger partial charge is 0.199 e. The van der Waals surface area contributed by atoms with Crippen LogP contribution < -0.4 is 0 Å². The molecule has 1 aromatic rings. The predicted molar refractivity (Wildman–Crippen MR) is 122 cm³/mol. The smallest absolute Gasteiger partial charge is 0.0637 e. The van der Waals surface area contributed by atoms with Gasteiger partial charge in [-0.2, -0.15) is 17.6 Å². The molecule has 1 fully saturated rings. The van der Waals surface area contributed by atoms with Gasteiger partial charge in [-0.3, -0.25) is 0 Å². The van der Waals surface area contributed by atoms with E-state index in [9.17, 15) is 0 Å². The van der Waals surface area contributed by atoms with Crippen LogP contribution in [0.15, 0.2) is 47.1 Å². The maximum Gasteiger partial charge on any atom is 0.0637 e. The van der Waals surface area contributed by atoms with Gasteiger partial charge in [0.2, 0.25) is 0 Å². The molecule has 0 N–H and O–H groups in total. The topological polar surface area (TPSA) is 12.4 Å². The van der Waals surface area contributed by atoms with E-state index in [2.05, 4.69) is 66.2 Å². The summed E-state index contributed by atoms with van der Waals surface area (Å²) in [6.07, 6.45) is 11.0. The van der Waals surface area contributed by atoms with Crippen molar-refractivity contribution in [2.45, 2.75) is 57.1 Å². The molecule has 27 heavy (non-hydrogen) atoms. The van der Waals surface area contributed by atoms with Crippen LogP contribution in [0.5, 0.6) is 0 Å². The third kappa shape index (κ3) is 5.94. The Balaban J connectivity index is 1.74. The van der Waals surface area contributed by atoms with Crippen molar-refractivity contribution in [1.82, 2.24) is 0 Å². The highest BCUT2D eigenvalue weighted by atomic mass is 32.1. The number of isothiocyanates is 1. The quantitative estimate of drug-likeness (QED) is 0.255. The average Bonchev–Trinajstić information content (AvgIpc) is 2.80. The molecule has 0 saturated heterocycles. The van der Waals surface area contributed by atoms with E-state index in [1.54, 1.807) is 0 Å². The van der Waals surface area contributed by atoms with Gasteiger partial charge < -0.3 is 0 Å². The summed E-state index contributed by atoms with van der Waals surface area (Å²) in [7, 11) is 0. The second-order valence-corrected chi connectivity index (χ2v) is 9.47. The Labute approximate surface area is 174 Å². The average molecular weight is 394 g/mol. The van der Waals surface area contributed by atoms with Gasteiger partial charge in [-0.1, -0.05) is 37.0 Å². The van der Waals surface area contributed by atoms with Crippen molar-refractivity contribution in [2.75, 3.05) is 0 Å². The van der Waals surface area contributed by atoms with Gasteiger partial charge in [0.15, 0.2) is 0 Å². The first-order valence-corrected chi connectivity index (χ1v) is 10.6. The molecule has 2 aliphatic carbocycles. The number of thiocarbonyl (C=S) groups is 1. The van der Waals surface area contributed by atoms with Crippen LogP contribution in [0.2, 0.25) is 0 Å². The van der Waals surface area contributed by atoms with E-state index < -0.39 is 0 Å². The zero-order valence-electron chi connectivity index (χ0n) is 16.2. The summed E-state index contributed by atoms with van der Waals surface area (Å²) in [5.41, 5.74) is 4.52. The van der Waals surface area contributed by atoms with Gasteiger partial charge in [-0.15, -0.1) is 0 Å². The van der Waals surface area contributed by atoms with Crippen LogP contribution >= 0.6 is 24.8 Å². The van der Waals surface area contributed by atoms with E-state index >= 15 is 0 Å². The fourth-order valence-corrected chi connectivity index (χ4v) is 4.32. The van der Waals surface area contributed by atoms with Crippen molar-refractivity contribution >= 4 is 35.6 Å². The van der Waals surface area contributed by atoms with E-state index in [0.29, 0.717) is 5.92 Å². The van der Waals surface area contributed by atoms with Gasteiger partial charge in [0.1, 0.15) is 0 Å². The molecule has 0 aliphatic heterocycles. The normalized spacial score (nSPS) is 28.0. The Hall–Kier alpha value is -1.59. The minimum Gasteiger partial charge on any atom is -0.199 e. The van der Waals surface area contributed by atoms with Gasteiger partial charge in [0.25, 0.3) is 0 Å². The van der Waals surface area contributed by atoms with Crippen LogP contribution in [0.3, 0.4) is 0 Å². The number of thiol groups is 1. The minimum atomic E-state index is -0.152. The Morgan fingerprint density at radius 1 is 1.07 bits per heavy atom. The van der Waals surface area contributed by atoms with Gasteiger partial charge in [-0.05, 0) is 86.5 Å². The summed E-state index contributed by atoms with van der Waals surface area (Å²) in [6.45, 7) is 4.49. The van der Waals surface area contributed by atoms with E-state index in [0.717, 1.165) is 30.0 Å². The van der Waals surface area contributed by atoms with Crippen LogP contribution in [0.25, 0.3) is 5.57 Å². The summed E-state index contributed by atoms with van der Waals surface area (Å²) >= 11 is 9.59. The highest BCUT2D eigenvalue weighted by molar-refractivity contribution is 7.81. The molecule has 1 nitrogen and oxygen atoms in total.